The standard InChI is InChI=1S/C23H30N4O3.HI/c1-24-23(26-19-10-5-11-20(16-19)30-15-7-14-29-2)25-17-22(28)27-13-6-9-18-8-3-4-12-21(18)27;/h3-5,8,10-12,16H,6-7,9,13-15,17H2,1-2H3,(H2,24,25,26);1H. The van der Waals surface area contributed by atoms with Gasteiger partial charge in [-0.3, -0.25) is 9.79 Å². The fourth-order valence-corrected chi connectivity index (χ4v) is 3.42. The van der Waals surface area contributed by atoms with Gasteiger partial charge in [0, 0.05) is 51.2 Å². The lowest BCUT2D eigenvalue weighted by Crippen LogP contribution is -2.44. The van der Waals surface area contributed by atoms with E-state index in [4.69, 9.17) is 9.47 Å². The third kappa shape index (κ3) is 7.39. The number of ether oxygens (including phenoxy) is 2. The summed E-state index contributed by atoms with van der Waals surface area (Å²) in [6.07, 6.45) is 2.83. The highest BCUT2D eigenvalue weighted by atomic mass is 127. The van der Waals surface area contributed by atoms with Crippen LogP contribution in [-0.4, -0.2) is 52.3 Å². The molecule has 3 rings (SSSR count). The molecular weight excluding hydrogens is 507 g/mol. The molecule has 0 bridgehead atoms. The highest BCUT2D eigenvalue weighted by Gasteiger charge is 2.22. The van der Waals surface area contributed by atoms with Gasteiger partial charge in [0.05, 0.1) is 13.2 Å². The molecule has 0 spiro atoms. The molecule has 0 fully saturated rings. The number of halogens is 1. The van der Waals surface area contributed by atoms with Crippen molar-refractivity contribution in [3.05, 3.63) is 54.1 Å². The largest absolute Gasteiger partial charge is 0.493 e. The molecule has 2 aromatic carbocycles. The average molecular weight is 538 g/mol. The zero-order valence-electron chi connectivity index (χ0n) is 18.1. The first kappa shape index (κ1) is 24.9. The van der Waals surface area contributed by atoms with E-state index < -0.39 is 0 Å². The first-order valence-electron chi connectivity index (χ1n) is 10.3. The van der Waals surface area contributed by atoms with Gasteiger partial charge in [0.1, 0.15) is 5.75 Å². The Hall–Kier alpha value is -2.33. The Bertz CT molecular complexity index is 875. The van der Waals surface area contributed by atoms with E-state index in [0.717, 1.165) is 42.9 Å². The molecule has 0 aliphatic carbocycles. The number of amides is 1. The number of hydrogen-bond donors (Lipinski definition) is 2. The second-order valence-electron chi connectivity index (χ2n) is 7.05. The summed E-state index contributed by atoms with van der Waals surface area (Å²) in [6.45, 7) is 2.17. The normalized spacial score (nSPS) is 13.1. The van der Waals surface area contributed by atoms with E-state index in [1.807, 2.05) is 47.4 Å². The third-order valence-electron chi connectivity index (χ3n) is 4.90. The number of fused-ring (bicyclic) bond motifs is 1. The number of nitrogens with zero attached hydrogens (tertiary/aromatic N) is 2. The van der Waals surface area contributed by atoms with E-state index >= 15 is 0 Å². The number of aryl methyl sites for hydroxylation is 1. The summed E-state index contributed by atoms with van der Waals surface area (Å²) < 4.78 is 10.8. The number of carbonyl (C=O) groups is 1. The van der Waals surface area contributed by atoms with Gasteiger partial charge in [-0.25, -0.2) is 0 Å². The monoisotopic (exact) mass is 538 g/mol. The van der Waals surface area contributed by atoms with Crippen LogP contribution in [0.4, 0.5) is 11.4 Å². The molecule has 1 aliphatic rings. The first-order chi connectivity index (χ1) is 14.7. The Balaban J connectivity index is 0.00000341. The van der Waals surface area contributed by atoms with E-state index in [1.165, 1.54) is 5.56 Å². The fraction of sp³-hybridized carbons (Fsp3) is 0.391. The lowest BCUT2D eigenvalue weighted by molar-refractivity contribution is -0.117. The van der Waals surface area contributed by atoms with Crippen molar-refractivity contribution in [2.75, 3.05) is 50.7 Å². The SMILES string of the molecule is CN=C(NCC(=O)N1CCCc2ccccc21)Nc1cccc(OCCCOC)c1.I. The number of anilines is 2. The number of nitrogens with one attached hydrogen (secondary N) is 2. The highest BCUT2D eigenvalue weighted by molar-refractivity contribution is 14.0. The minimum Gasteiger partial charge on any atom is -0.493 e. The van der Waals surface area contributed by atoms with Gasteiger partial charge in [-0.05, 0) is 36.6 Å². The van der Waals surface area contributed by atoms with Crippen molar-refractivity contribution < 1.29 is 14.3 Å². The molecule has 31 heavy (non-hydrogen) atoms. The van der Waals surface area contributed by atoms with Gasteiger partial charge < -0.3 is 25.0 Å². The van der Waals surface area contributed by atoms with E-state index in [-0.39, 0.29) is 36.4 Å². The predicted octanol–water partition coefficient (Wildman–Crippen LogP) is 3.69. The minimum absolute atomic E-state index is 0. The van der Waals surface area contributed by atoms with E-state index in [1.54, 1.807) is 14.2 Å². The molecule has 0 saturated heterocycles. The summed E-state index contributed by atoms with van der Waals surface area (Å²) in [7, 11) is 3.36. The second kappa shape index (κ2) is 13.2. The number of guanidine groups is 1. The molecule has 8 heteroatoms. The molecule has 0 atom stereocenters. The molecule has 7 nitrogen and oxygen atoms in total. The molecular formula is C23H31IN4O3. The third-order valence-corrected chi connectivity index (χ3v) is 4.90. The summed E-state index contributed by atoms with van der Waals surface area (Å²) in [6, 6.07) is 15.8. The van der Waals surface area contributed by atoms with Gasteiger partial charge in [-0.1, -0.05) is 24.3 Å². The van der Waals surface area contributed by atoms with Crippen LogP contribution < -0.4 is 20.3 Å². The Morgan fingerprint density at radius 3 is 2.81 bits per heavy atom. The highest BCUT2D eigenvalue weighted by Crippen LogP contribution is 2.26. The molecule has 0 saturated carbocycles. The molecule has 168 valence electrons. The van der Waals surface area contributed by atoms with Gasteiger partial charge in [-0.2, -0.15) is 0 Å². The van der Waals surface area contributed by atoms with Crippen LogP contribution in [0.3, 0.4) is 0 Å². The number of methoxy groups -OCH3 is 1. The molecule has 2 aromatic rings. The maximum atomic E-state index is 12.8. The summed E-state index contributed by atoms with van der Waals surface area (Å²) in [5.74, 6) is 1.33. The number of benzene rings is 2. The summed E-state index contributed by atoms with van der Waals surface area (Å²) in [4.78, 5) is 18.9. The topological polar surface area (TPSA) is 75.2 Å². The second-order valence-corrected chi connectivity index (χ2v) is 7.05. The van der Waals surface area contributed by atoms with Gasteiger partial charge in [0.25, 0.3) is 0 Å². The minimum atomic E-state index is 0. The fourth-order valence-electron chi connectivity index (χ4n) is 3.42. The lowest BCUT2D eigenvalue weighted by atomic mass is 10.0. The maximum absolute atomic E-state index is 12.8. The molecule has 0 radical (unpaired) electrons. The number of carbonyl (C=O) groups excluding carboxylic acids is 1. The van der Waals surface area contributed by atoms with E-state index in [0.29, 0.717) is 19.2 Å². The van der Waals surface area contributed by atoms with Crippen molar-refractivity contribution in [2.24, 2.45) is 4.99 Å². The quantitative estimate of drug-likeness (QED) is 0.232. The van der Waals surface area contributed by atoms with Crippen LogP contribution in [0, 0.1) is 0 Å². The van der Waals surface area contributed by atoms with Gasteiger partial charge in [0.2, 0.25) is 5.91 Å². The van der Waals surface area contributed by atoms with Crippen molar-refractivity contribution in [1.82, 2.24) is 5.32 Å². The summed E-state index contributed by atoms with van der Waals surface area (Å²) in [5, 5.41) is 6.33. The molecule has 2 N–H and O–H groups in total. The van der Waals surface area contributed by atoms with Crippen molar-refractivity contribution >= 4 is 47.2 Å². The van der Waals surface area contributed by atoms with E-state index in [9.17, 15) is 4.79 Å². The van der Waals surface area contributed by atoms with Crippen LogP contribution in [0.5, 0.6) is 5.75 Å². The smallest absolute Gasteiger partial charge is 0.246 e. The van der Waals surface area contributed by atoms with Crippen molar-refractivity contribution in [3.63, 3.8) is 0 Å². The number of hydrogen-bond acceptors (Lipinski definition) is 4. The Kier molecular flexibility index (Phi) is 10.6. The molecule has 0 unspecified atom stereocenters. The zero-order valence-corrected chi connectivity index (χ0v) is 20.4. The van der Waals surface area contributed by atoms with Crippen LogP contribution in [0.25, 0.3) is 0 Å². The summed E-state index contributed by atoms with van der Waals surface area (Å²) in [5.41, 5.74) is 3.07. The molecule has 1 amide bonds. The maximum Gasteiger partial charge on any atom is 0.246 e. The molecule has 1 heterocycles. The first-order valence-corrected chi connectivity index (χ1v) is 10.3. The Morgan fingerprint density at radius 2 is 2.00 bits per heavy atom. The summed E-state index contributed by atoms with van der Waals surface area (Å²) >= 11 is 0. The Labute approximate surface area is 201 Å². The van der Waals surface area contributed by atoms with Gasteiger partial charge >= 0.3 is 0 Å². The van der Waals surface area contributed by atoms with Crippen LogP contribution >= 0.6 is 24.0 Å². The number of rotatable bonds is 8. The van der Waals surface area contributed by atoms with Crippen molar-refractivity contribution in [3.8, 4) is 5.75 Å². The van der Waals surface area contributed by atoms with Crippen molar-refractivity contribution in [1.29, 1.82) is 0 Å². The zero-order chi connectivity index (χ0) is 21.2. The Morgan fingerprint density at radius 1 is 1.16 bits per heavy atom. The van der Waals surface area contributed by atoms with Crippen LogP contribution in [-0.2, 0) is 16.0 Å². The van der Waals surface area contributed by atoms with Crippen LogP contribution in [0.2, 0.25) is 0 Å². The average Bonchev–Trinajstić information content (AvgIpc) is 2.79. The van der Waals surface area contributed by atoms with E-state index in [2.05, 4.69) is 21.7 Å². The van der Waals surface area contributed by atoms with Gasteiger partial charge in [0.15, 0.2) is 5.96 Å². The van der Waals surface area contributed by atoms with Gasteiger partial charge in [-0.15, -0.1) is 24.0 Å². The molecule has 1 aliphatic heterocycles. The van der Waals surface area contributed by atoms with Crippen molar-refractivity contribution in [2.45, 2.75) is 19.3 Å². The molecule has 0 aromatic heterocycles. The number of para-hydroxylation sites is 1. The predicted molar refractivity (Wildman–Crippen MR) is 136 cm³/mol. The van der Waals surface area contributed by atoms with Crippen LogP contribution in [0.1, 0.15) is 18.4 Å². The lowest BCUT2D eigenvalue weighted by Gasteiger charge is -2.29. The number of aliphatic imine (C=N–C) groups is 1. The van der Waals surface area contributed by atoms with Crippen LogP contribution in [0.15, 0.2) is 53.5 Å².